The van der Waals surface area contributed by atoms with Crippen LogP contribution in [0.5, 0.6) is 0 Å². The standard InChI is InChI=1S/C25H42O5/c1-13(9-14(2)23(29)30)17-5-6-18-22-19(12-21(28)25(17,18)4)24(3)8-7-16(26)10-15(24)11-20(22)27/h13-22,26-28H,5-12H2,1-4H3,(H,29,30)/t13-,14-,15?,16-,17-,18?,19?,20+,21+,22?,24+,25-/m1/s1. The Balaban J connectivity index is 1.61. The molecule has 30 heavy (non-hydrogen) atoms. The smallest absolute Gasteiger partial charge is 0.306 e. The summed E-state index contributed by atoms with van der Waals surface area (Å²) in [4.78, 5) is 11.4. The highest BCUT2D eigenvalue weighted by molar-refractivity contribution is 5.69. The van der Waals surface area contributed by atoms with E-state index in [-0.39, 0.29) is 40.8 Å². The molecule has 0 heterocycles. The van der Waals surface area contributed by atoms with Crippen LogP contribution in [0, 0.1) is 52.3 Å². The van der Waals surface area contributed by atoms with E-state index in [0.29, 0.717) is 30.1 Å². The zero-order valence-corrected chi connectivity index (χ0v) is 19.1. The second-order valence-corrected chi connectivity index (χ2v) is 12.0. The summed E-state index contributed by atoms with van der Waals surface area (Å²) in [6.07, 6.45) is 5.75. The van der Waals surface area contributed by atoms with Gasteiger partial charge in [-0.3, -0.25) is 4.79 Å². The molecule has 5 heteroatoms. The van der Waals surface area contributed by atoms with Gasteiger partial charge in [0.25, 0.3) is 0 Å². The Kier molecular flexibility index (Phi) is 5.81. The second-order valence-electron chi connectivity index (χ2n) is 12.0. The first-order valence-corrected chi connectivity index (χ1v) is 12.3. The molecule has 4 saturated carbocycles. The molecule has 4 fully saturated rings. The van der Waals surface area contributed by atoms with E-state index in [2.05, 4.69) is 20.8 Å². The molecule has 12 atom stereocenters. The SMILES string of the molecule is C[C@H](C[C@@H](C)[C@H]1CCC2C3C(C[C@H](O)[C@@]21C)[C@@]1(C)CC[C@@H](O)CC1C[C@@H]3O)C(=O)O. The molecule has 0 bridgehead atoms. The summed E-state index contributed by atoms with van der Waals surface area (Å²) in [5.41, 5.74) is -0.163. The number of hydrogen-bond donors (Lipinski definition) is 4. The number of carbonyl (C=O) groups is 1. The summed E-state index contributed by atoms with van der Waals surface area (Å²) in [5.74, 6) is 0.567. The van der Waals surface area contributed by atoms with Crippen LogP contribution in [0.25, 0.3) is 0 Å². The van der Waals surface area contributed by atoms with Gasteiger partial charge in [-0.2, -0.15) is 0 Å². The minimum atomic E-state index is -0.744. The average Bonchev–Trinajstić information content (AvgIpc) is 3.02. The molecule has 0 amide bonds. The van der Waals surface area contributed by atoms with Crippen molar-refractivity contribution in [1.82, 2.24) is 0 Å². The first-order chi connectivity index (χ1) is 14.0. The quantitative estimate of drug-likeness (QED) is 0.554. The van der Waals surface area contributed by atoms with Gasteiger partial charge in [0.1, 0.15) is 0 Å². The van der Waals surface area contributed by atoms with E-state index in [1.165, 1.54) is 0 Å². The van der Waals surface area contributed by atoms with Gasteiger partial charge in [0.15, 0.2) is 0 Å². The highest BCUT2D eigenvalue weighted by atomic mass is 16.4. The van der Waals surface area contributed by atoms with Crippen LogP contribution in [0.15, 0.2) is 0 Å². The number of aliphatic carboxylic acids is 1. The van der Waals surface area contributed by atoms with Crippen molar-refractivity contribution in [3.63, 3.8) is 0 Å². The largest absolute Gasteiger partial charge is 0.481 e. The summed E-state index contributed by atoms with van der Waals surface area (Å²) in [7, 11) is 0. The molecule has 0 aromatic carbocycles. The Morgan fingerprint density at radius 3 is 2.37 bits per heavy atom. The summed E-state index contributed by atoms with van der Waals surface area (Å²) in [6.45, 7) is 8.52. The normalized spacial score (nSPS) is 52.6. The predicted octanol–water partition coefficient (Wildman–Crippen LogP) is 3.69. The Morgan fingerprint density at radius 1 is 1.00 bits per heavy atom. The van der Waals surface area contributed by atoms with E-state index in [9.17, 15) is 25.2 Å². The molecule has 0 aromatic heterocycles. The fourth-order valence-electron chi connectivity index (χ4n) is 8.95. The first kappa shape index (κ1) is 22.5. The van der Waals surface area contributed by atoms with Gasteiger partial charge in [-0.15, -0.1) is 0 Å². The van der Waals surface area contributed by atoms with E-state index in [1.54, 1.807) is 6.92 Å². The van der Waals surface area contributed by atoms with Crippen LogP contribution in [0.3, 0.4) is 0 Å². The topological polar surface area (TPSA) is 98.0 Å². The van der Waals surface area contributed by atoms with E-state index < -0.39 is 12.1 Å². The van der Waals surface area contributed by atoms with E-state index >= 15 is 0 Å². The van der Waals surface area contributed by atoms with E-state index in [0.717, 1.165) is 44.9 Å². The Labute approximate surface area is 181 Å². The number of carboxylic acids is 1. The lowest BCUT2D eigenvalue weighted by Crippen LogP contribution is -2.62. The van der Waals surface area contributed by atoms with Gasteiger partial charge >= 0.3 is 5.97 Å². The third-order valence-electron chi connectivity index (χ3n) is 10.7. The van der Waals surface area contributed by atoms with Gasteiger partial charge in [-0.1, -0.05) is 27.7 Å². The number of aliphatic hydroxyl groups excluding tert-OH is 3. The van der Waals surface area contributed by atoms with Crippen LogP contribution in [0.4, 0.5) is 0 Å². The molecule has 0 spiro atoms. The number of carboxylic acid groups (broad SMARTS) is 1. The summed E-state index contributed by atoms with van der Waals surface area (Å²) >= 11 is 0. The average molecular weight is 423 g/mol. The fraction of sp³-hybridized carbons (Fsp3) is 0.960. The van der Waals surface area contributed by atoms with Crippen LogP contribution in [-0.4, -0.2) is 44.7 Å². The van der Waals surface area contributed by atoms with Crippen molar-refractivity contribution in [2.45, 2.75) is 97.4 Å². The second kappa shape index (κ2) is 7.74. The molecular weight excluding hydrogens is 380 g/mol. The maximum atomic E-state index is 11.5. The monoisotopic (exact) mass is 422 g/mol. The highest BCUT2D eigenvalue weighted by Crippen LogP contribution is 2.68. The number of fused-ring (bicyclic) bond motifs is 5. The number of rotatable bonds is 4. The lowest BCUT2D eigenvalue weighted by atomic mass is 9.43. The third-order valence-corrected chi connectivity index (χ3v) is 10.7. The van der Waals surface area contributed by atoms with E-state index in [1.807, 2.05) is 0 Å². The lowest BCUT2D eigenvalue weighted by Gasteiger charge is -2.63. The highest BCUT2D eigenvalue weighted by Gasteiger charge is 2.65. The Bertz CT molecular complexity index is 666. The molecule has 5 nitrogen and oxygen atoms in total. The van der Waals surface area contributed by atoms with Gasteiger partial charge in [-0.05, 0) is 97.7 Å². The third kappa shape index (κ3) is 3.26. The summed E-state index contributed by atoms with van der Waals surface area (Å²) < 4.78 is 0. The zero-order valence-electron chi connectivity index (χ0n) is 19.1. The minimum absolute atomic E-state index is 0.0902. The zero-order chi connectivity index (χ0) is 22.0. The van der Waals surface area contributed by atoms with Crippen molar-refractivity contribution < 1.29 is 25.2 Å². The van der Waals surface area contributed by atoms with Gasteiger partial charge < -0.3 is 20.4 Å². The van der Waals surface area contributed by atoms with Crippen LogP contribution < -0.4 is 0 Å². The molecule has 4 rings (SSSR count). The number of hydrogen-bond acceptors (Lipinski definition) is 4. The predicted molar refractivity (Wildman–Crippen MR) is 115 cm³/mol. The van der Waals surface area contributed by atoms with Crippen molar-refractivity contribution >= 4 is 5.97 Å². The molecule has 0 radical (unpaired) electrons. The van der Waals surface area contributed by atoms with E-state index in [4.69, 9.17) is 0 Å². The molecule has 4 unspecified atom stereocenters. The first-order valence-electron chi connectivity index (χ1n) is 12.3. The molecule has 0 aromatic rings. The Hall–Kier alpha value is -0.650. The van der Waals surface area contributed by atoms with Crippen molar-refractivity contribution in [2.24, 2.45) is 52.3 Å². The molecule has 4 aliphatic rings. The summed E-state index contributed by atoms with van der Waals surface area (Å²) in [6, 6.07) is 0. The Morgan fingerprint density at radius 2 is 1.70 bits per heavy atom. The lowest BCUT2D eigenvalue weighted by molar-refractivity contribution is -0.207. The molecule has 4 aliphatic carbocycles. The van der Waals surface area contributed by atoms with Crippen molar-refractivity contribution in [3.8, 4) is 0 Å². The minimum Gasteiger partial charge on any atom is -0.481 e. The maximum Gasteiger partial charge on any atom is 0.306 e. The number of aliphatic hydroxyl groups is 3. The van der Waals surface area contributed by atoms with Crippen LogP contribution in [0.1, 0.15) is 79.1 Å². The van der Waals surface area contributed by atoms with Crippen molar-refractivity contribution in [1.29, 1.82) is 0 Å². The molecular formula is C25H42O5. The fourth-order valence-corrected chi connectivity index (χ4v) is 8.95. The van der Waals surface area contributed by atoms with Crippen molar-refractivity contribution in [2.75, 3.05) is 0 Å². The van der Waals surface area contributed by atoms with Crippen LogP contribution in [-0.2, 0) is 4.79 Å². The maximum absolute atomic E-state index is 11.5. The molecule has 0 aliphatic heterocycles. The molecule has 4 N–H and O–H groups in total. The van der Waals surface area contributed by atoms with Gasteiger partial charge in [0, 0.05) is 0 Å². The molecule has 0 saturated heterocycles. The van der Waals surface area contributed by atoms with Gasteiger partial charge in [0.05, 0.1) is 24.2 Å². The van der Waals surface area contributed by atoms with Crippen LogP contribution in [0.2, 0.25) is 0 Å². The van der Waals surface area contributed by atoms with Crippen molar-refractivity contribution in [3.05, 3.63) is 0 Å². The van der Waals surface area contributed by atoms with Gasteiger partial charge in [0.2, 0.25) is 0 Å². The summed E-state index contributed by atoms with van der Waals surface area (Å²) in [5, 5.41) is 42.4. The van der Waals surface area contributed by atoms with Gasteiger partial charge in [-0.25, -0.2) is 0 Å². The molecule has 172 valence electrons. The van der Waals surface area contributed by atoms with Crippen LogP contribution >= 0.6 is 0 Å².